The highest BCUT2D eigenvalue weighted by Crippen LogP contribution is 2.45. The summed E-state index contributed by atoms with van der Waals surface area (Å²) in [5.74, 6) is 1.24. The minimum atomic E-state index is 0.0903. The Labute approximate surface area is 102 Å². The zero-order valence-corrected chi connectivity index (χ0v) is 11.3. The van der Waals surface area contributed by atoms with Gasteiger partial charge in [-0.2, -0.15) is 0 Å². The molecule has 5 heteroatoms. The third-order valence-corrected chi connectivity index (χ3v) is 8.77. The molecule has 14 heavy (non-hydrogen) atoms. The highest BCUT2D eigenvalue weighted by molar-refractivity contribution is 9.26. The van der Waals surface area contributed by atoms with Gasteiger partial charge in [-0.3, -0.25) is 4.79 Å². The molecule has 1 radical (unpaired) electrons. The molecule has 1 nitrogen and oxygen atoms in total. The van der Waals surface area contributed by atoms with E-state index >= 15 is 0 Å². The third-order valence-electron chi connectivity index (χ3n) is 2.06. The maximum absolute atomic E-state index is 10.6. The van der Waals surface area contributed by atoms with Crippen molar-refractivity contribution in [2.75, 3.05) is 5.75 Å². The second kappa shape index (κ2) is 9.31. The first kappa shape index (κ1) is 13.1. The fourth-order valence-corrected chi connectivity index (χ4v) is 7.62. The van der Waals surface area contributed by atoms with Crippen molar-refractivity contribution in [3.8, 4) is 0 Å². The van der Waals surface area contributed by atoms with Gasteiger partial charge in [0.25, 0.3) is 0 Å². The fraction of sp³-hybridized carbons (Fsp3) is 0.889. The molecular weight excluding hydrogens is 252 g/mol. The van der Waals surface area contributed by atoms with Crippen LogP contribution >= 0.6 is 41.2 Å². The number of hydrogen-bond donors (Lipinski definition) is 0. The Hall–Kier alpha value is 1.07. The first-order valence-corrected chi connectivity index (χ1v) is 9.97. The molecule has 0 aromatic rings. The molecule has 0 aromatic heterocycles. The van der Waals surface area contributed by atoms with Crippen LogP contribution in [0.5, 0.6) is 0 Å². The number of rotatable bonds is 1. The average Bonchev–Trinajstić information content (AvgIpc) is 2.19. The minimum absolute atomic E-state index is 0.0903. The van der Waals surface area contributed by atoms with Gasteiger partial charge in [0.1, 0.15) is 0 Å². The van der Waals surface area contributed by atoms with E-state index in [9.17, 15) is 4.79 Å². The van der Waals surface area contributed by atoms with E-state index in [0.29, 0.717) is 0 Å². The molecule has 0 aromatic carbocycles. The second-order valence-corrected chi connectivity index (χ2v) is 9.45. The molecule has 0 spiro atoms. The van der Waals surface area contributed by atoms with Crippen LogP contribution in [-0.4, -0.2) is 17.3 Å². The van der Waals surface area contributed by atoms with E-state index in [0.717, 1.165) is 6.42 Å². The van der Waals surface area contributed by atoms with Crippen LogP contribution in [0.3, 0.4) is 0 Å². The monoisotopic (exact) mass is 267 g/mol. The molecule has 1 rings (SSSR count). The molecule has 0 aliphatic carbocycles. The van der Waals surface area contributed by atoms with Crippen molar-refractivity contribution in [2.45, 2.75) is 43.8 Å². The third kappa shape index (κ3) is 6.53. The summed E-state index contributed by atoms with van der Waals surface area (Å²) in [7, 11) is 7.12. The lowest BCUT2D eigenvalue weighted by Crippen LogP contribution is -2.01. The summed E-state index contributed by atoms with van der Waals surface area (Å²) < 4.78 is 0. The molecular formula is C9H15OS4. The summed E-state index contributed by atoms with van der Waals surface area (Å²) in [5, 5.41) is 0.0903. The topological polar surface area (TPSA) is 17.1 Å². The molecule has 1 atom stereocenters. The summed E-state index contributed by atoms with van der Waals surface area (Å²) in [4.78, 5) is 10.6. The van der Waals surface area contributed by atoms with Crippen molar-refractivity contribution in [1.82, 2.24) is 0 Å². The Kier molecular flexibility index (Phi) is 8.73. The lowest BCUT2D eigenvalue weighted by Gasteiger charge is -2.09. The Bertz CT molecular complexity index is 142. The Balaban J connectivity index is 2.20. The predicted molar refractivity (Wildman–Crippen MR) is 72.4 cm³/mol. The highest BCUT2D eigenvalue weighted by Gasteiger charge is 2.10. The zero-order valence-electron chi connectivity index (χ0n) is 8.07. The van der Waals surface area contributed by atoms with Crippen molar-refractivity contribution in [3.63, 3.8) is 0 Å². The van der Waals surface area contributed by atoms with Crippen molar-refractivity contribution in [1.29, 1.82) is 0 Å². The maximum Gasteiger partial charge on any atom is 0.213 e. The van der Waals surface area contributed by atoms with Crippen molar-refractivity contribution in [2.24, 2.45) is 0 Å². The molecule has 0 N–H and O–H groups in total. The van der Waals surface area contributed by atoms with Gasteiger partial charge in [-0.15, -0.1) is 0 Å². The van der Waals surface area contributed by atoms with E-state index < -0.39 is 0 Å². The zero-order chi connectivity index (χ0) is 10.1. The summed E-state index contributed by atoms with van der Waals surface area (Å²) in [6.45, 7) is 0. The van der Waals surface area contributed by atoms with Gasteiger partial charge in [-0.25, -0.2) is 0 Å². The van der Waals surface area contributed by atoms with Gasteiger partial charge in [0, 0.05) is 5.75 Å². The minimum Gasteiger partial charge on any atom is -0.290 e. The van der Waals surface area contributed by atoms with E-state index in [4.69, 9.17) is 0 Å². The fourth-order valence-electron chi connectivity index (χ4n) is 1.26. The van der Waals surface area contributed by atoms with Gasteiger partial charge in [-0.05, 0) is 32.5 Å². The van der Waals surface area contributed by atoms with Gasteiger partial charge in [0.15, 0.2) is 0 Å². The molecule has 0 saturated carbocycles. The molecule has 0 bridgehead atoms. The summed E-state index contributed by atoms with van der Waals surface area (Å²) in [6, 6.07) is 0. The van der Waals surface area contributed by atoms with Crippen molar-refractivity contribution < 1.29 is 4.79 Å². The van der Waals surface area contributed by atoms with Crippen LogP contribution in [0.1, 0.15) is 38.5 Å². The SMILES string of the molecule is O=[C]C1CCCCCCCSSSS1. The average molecular weight is 267 g/mol. The van der Waals surface area contributed by atoms with E-state index in [1.807, 2.05) is 10.8 Å². The van der Waals surface area contributed by atoms with Crippen LogP contribution in [0, 0.1) is 0 Å². The van der Waals surface area contributed by atoms with Crippen LogP contribution in [0.2, 0.25) is 0 Å². The molecule has 1 unspecified atom stereocenters. The first-order chi connectivity index (χ1) is 6.93. The van der Waals surface area contributed by atoms with E-state index in [1.165, 1.54) is 37.9 Å². The Morgan fingerprint density at radius 1 is 1.00 bits per heavy atom. The van der Waals surface area contributed by atoms with E-state index in [1.54, 1.807) is 30.4 Å². The van der Waals surface area contributed by atoms with E-state index in [-0.39, 0.29) is 5.25 Å². The van der Waals surface area contributed by atoms with E-state index in [2.05, 4.69) is 6.29 Å². The summed E-state index contributed by atoms with van der Waals surface area (Å²) >= 11 is 0. The molecule has 1 saturated heterocycles. The smallest absolute Gasteiger partial charge is 0.213 e. The van der Waals surface area contributed by atoms with Gasteiger partial charge in [-0.1, -0.05) is 47.3 Å². The predicted octanol–water partition coefficient (Wildman–Crippen LogP) is 4.50. The van der Waals surface area contributed by atoms with Crippen LogP contribution in [0.4, 0.5) is 0 Å². The Morgan fingerprint density at radius 2 is 1.79 bits per heavy atom. The van der Waals surface area contributed by atoms with Gasteiger partial charge >= 0.3 is 0 Å². The first-order valence-electron chi connectivity index (χ1n) is 4.93. The normalized spacial score (nSPS) is 27.3. The van der Waals surface area contributed by atoms with Crippen LogP contribution < -0.4 is 0 Å². The molecule has 1 heterocycles. The Morgan fingerprint density at radius 3 is 2.64 bits per heavy atom. The molecule has 81 valence electrons. The van der Waals surface area contributed by atoms with Gasteiger partial charge < -0.3 is 0 Å². The van der Waals surface area contributed by atoms with Crippen LogP contribution in [0.15, 0.2) is 0 Å². The maximum atomic E-state index is 10.6. The number of carbonyl (C=O) groups excluding carboxylic acids is 1. The molecule has 1 aliphatic rings. The number of hydrogen-bond acceptors (Lipinski definition) is 5. The largest absolute Gasteiger partial charge is 0.290 e. The second-order valence-electron chi connectivity index (χ2n) is 3.22. The summed E-state index contributed by atoms with van der Waals surface area (Å²) in [5.41, 5.74) is 0. The van der Waals surface area contributed by atoms with Crippen LogP contribution in [-0.2, 0) is 4.79 Å². The highest BCUT2D eigenvalue weighted by atomic mass is 33.7. The summed E-state index contributed by atoms with van der Waals surface area (Å²) in [6.07, 6.45) is 9.61. The van der Waals surface area contributed by atoms with Crippen molar-refractivity contribution >= 4 is 47.5 Å². The van der Waals surface area contributed by atoms with Gasteiger partial charge in [0.05, 0.1) is 5.25 Å². The van der Waals surface area contributed by atoms with Crippen LogP contribution in [0.25, 0.3) is 0 Å². The molecule has 1 fully saturated rings. The van der Waals surface area contributed by atoms with Gasteiger partial charge in [0.2, 0.25) is 6.29 Å². The lowest BCUT2D eigenvalue weighted by atomic mass is 10.1. The lowest BCUT2D eigenvalue weighted by molar-refractivity contribution is 0.545. The molecule has 0 amide bonds. The standard InChI is InChI=1S/C9H15OS4/c10-8-9-6-4-2-1-3-5-7-11-13-14-12-9/h9H,1-7H2. The quantitative estimate of drug-likeness (QED) is 0.649. The van der Waals surface area contributed by atoms with Crippen molar-refractivity contribution in [3.05, 3.63) is 0 Å². The molecule has 1 aliphatic heterocycles.